The van der Waals surface area contributed by atoms with E-state index in [1.165, 1.54) is 0 Å². The number of nitrogens with zero attached hydrogens (tertiary/aromatic N) is 2. The Morgan fingerprint density at radius 3 is 2.60 bits per heavy atom. The molecular formula is C12H21N3. The summed E-state index contributed by atoms with van der Waals surface area (Å²) in [5.74, 6) is 1.03. The van der Waals surface area contributed by atoms with E-state index in [1.54, 1.807) is 0 Å². The lowest BCUT2D eigenvalue weighted by Gasteiger charge is -2.31. The van der Waals surface area contributed by atoms with Crippen LogP contribution in [0.3, 0.4) is 0 Å². The van der Waals surface area contributed by atoms with Crippen LogP contribution in [-0.4, -0.2) is 24.6 Å². The first-order valence-electron chi connectivity index (χ1n) is 5.45. The van der Waals surface area contributed by atoms with Crippen molar-refractivity contribution >= 4 is 5.82 Å². The fourth-order valence-electron chi connectivity index (χ4n) is 1.48. The first kappa shape index (κ1) is 12.0. The molecule has 0 aliphatic carbocycles. The fourth-order valence-corrected chi connectivity index (χ4v) is 1.48. The fraction of sp³-hybridized carbons (Fsp3) is 0.583. The molecular weight excluding hydrogens is 186 g/mol. The zero-order chi connectivity index (χ0) is 11.3. The lowest BCUT2D eigenvalue weighted by atomic mass is 9.93. The molecule has 0 spiro atoms. The Hall–Kier alpha value is -1.09. The molecule has 0 aliphatic rings. The van der Waals surface area contributed by atoms with E-state index in [1.807, 2.05) is 24.4 Å². The summed E-state index contributed by atoms with van der Waals surface area (Å²) in [6, 6.07) is 5.99. The number of rotatable bonds is 5. The second kappa shape index (κ2) is 5.12. The van der Waals surface area contributed by atoms with Crippen LogP contribution in [0.4, 0.5) is 5.82 Å². The summed E-state index contributed by atoms with van der Waals surface area (Å²) < 4.78 is 0. The van der Waals surface area contributed by atoms with Crippen LogP contribution in [0.5, 0.6) is 0 Å². The summed E-state index contributed by atoms with van der Waals surface area (Å²) >= 11 is 0. The van der Waals surface area contributed by atoms with Gasteiger partial charge in [-0.3, -0.25) is 0 Å². The second-order valence-corrected chi connectivity index (χ2v) is 4.57. The summed E-state index contributed by atoms with van der Waals surface area (Å²) in [5.41, 5.74) is 5.87. The minimum Gasteiger partial charge on any atom is -0.356 e. The van der Waals surface area contributed by atoms with Crippen molar-refractivity contribution in [3.8, 4) is 0 Å². The average Bonchev–Trinajstić information content (AvgIpc) is 2.27. The summed E-state index contributed by atoms with van der Waals surface area (Å²) in [4.78, 5) is 6.61. The lowest BCUT2D eigenvalue weighted by Crippen LogP contribution is -2.39. The highest BCUT2D eigenvalue weighted by molar-refractivity contribution is 5.37. The molecule has 1 rings (SSSR count). The van der Waals surface area contributed by atoms with Crippen molar-refractivity contribution in [2.24, 2.45) is 11.1 Å². The predicted molar refractivity (Wildman–Crippen MR) is 65.0 cm³/mol. The van der Waals surface area contributed by atoms with Crippen molar-refractivity contribution in [2.45, 2.75) is 20.8 Å². The highest BCUT2D eigenvalue weighted by Crippen LogP contribution is 2.18. The molecule has 0 amide bonds. The Labute approximate surface area is 92.3 Å². The van der Waals surface area contributed by atoms with Crippen LogP contribution in [-0.2, 0) is 0 Å². The Bertz CT molecular complexity index is 282. The number of pyridine rings is 1. The topological polar surface area (TPSA) is 42.1 Å². The van der Waals surface area contributed by atoms with Gasteiger partial charge >= 0.3 is 0 Å². The van der Waals surface area contributed by atoms with Gasteiger partial charge < -0.3 is 10.6 Å². The molecule has 1 aromatic rings. The molecule has 0 bridgehead atoms. The number of anilines is 1. The first-order chi connectivity index (χ1) is 7.09. The molecule has 3 nitrogen and oxygen atoms in total. The Morgan fingerprint density at radius 2 is 2.13 bits per heavy atom. The van der Waals surface area contributed by atoms with Crippen LogP contribution in [0.15, 0.2) is 24.4 Å². The lowest BCUT2D eigenvalue weighted by molar-refractivity contribution is 0.379. The molecule has 15 heavy (non-hydrogen) atoms. The van der Waals surface area contributed by atoms with Crippen LogP contribution in [0.25, 0.3) is 0 Å². The zero-order valence-corrected chi connectivity index (χ0v) is 9.90. The average molecular weight is 207 g/mol. The maximum Gasteiger partial charge on any atom is 0.128 e. The Kier molecular flexibility index (Phi) is 4.09. The summed E-state index contributed by atoms with van der Waals surface area (Å²) in [7, 11) is 0. The van der Waals surface area contributed by atoms with Gasteiger partial charge in [0, 0.05) is 19.3 Å². The van der Waals surface area contributed by atoms with Crippen LogP contribution >= 0.6 is 0 Å². The van der Waals surface area contributed by atoms with Gasteiger partial charge in [0.25, 0.3) is 0 Å². The van der Waals surface area contributed by atoms with E-state index >= 15 is 0 Å². The van der Waals surface area contributed by atoms with E-state index < -0.39 is 0 Å². The zero-order valence-electron chi connectivity index (χ0n) is 9.90. The third-order valence-electron chi connectivity index (χ3n) is 2.53. The summed E-state index contributed by atoms with van der Waals surface area (Å²) in [6.07, 6.45) is 1.83. The molecule has 0 radical (unpaired) electrons. The predicted octanol–water partition coefficient (Wildman–Crippen LogP) is 1.89. The SMILES string of the molecule is CCN(CC(C)(C)CN)c1ccccn1. The second-order valence-electron chi connectivity index (χ2n) is 4.57. The first-order valence-corrected chi connectivity index (χ1v) is 5.45. The van der Waals surface area contributed by atoms with Gasteiger partial charge in [0.05, 0.1) is 0 Å². The molecule has 0 unspecified atom stereocenters. The molecule has 2 N–H and O–H groups in total. The molecule has 0 atom stereocenters. The minimum absolute atomic E-state index is 0.132. The third-order valence-corrected chi connectivity index (χ3v) is 2.53. The standard InChI is InChI=1S/C12H21N3/c1-4-15(10-12(2,3)9-13)11-7-5-6-8-14-11/h5-8H,4,9-10,13H2,1-3H3. The Morgan fingerprint density at radius 1 is 1.40 bits per heavy atom. The highest BCUT2D eigenvalue weighted by Gasteiger charge is 2.19. The quantitative estimate of drug-likeness (QED) is 0.801. The van der Waals surface area contributed by atoms with Crippen molar-refractivity contribution in [2.75, 3.05) is 24.5 Å². The molecule has 0 fully saturated rings. The maximum absolute atomic E-state index is 5.74. The molecule has 84 valence electrons. The highest BCUT2D eigenvalue weighted by atomic mass is 15.2. The largest absolute Gasteiger partial charge is 0.356 e. The van der Waals surface area contributed by atoms with Gasteiger partial charge in [-0.25, -0.2) is 4.98 Å². The van der Waals surface area contributed by atoms with Crippen LogP contribution < -0.4 is 10.6 Å². The van der Waals surface area contributed by atoms with Gasteiger partial charge in [0.15, 0.2) is 0 Å². The van der Waals surface area contributed by atoms with Crippen molar-refractivity contribution in [3.05, 3.63) is 24.4 Å². The van der Waals surface area contributed by atoms with Gasteiger partial charge in [-0.2, -0.15) is 0 Å². The molecule has 0 aliphatic heterocycles. The molecule has 0 aromatic carbocycles. The van der Waals surface area contributed by atoms with E-state index in [9.17, 15) is 0 Å². The van der Waals surface area contributed by atoms with Crippen LogP contribution in [0, 0.1) is 5.41 Å². The number of hydrogen-bond donors (Lipinski definition) is 1. The van der Waals surface area contributed by atoms with E-state index in [4.69, 9.17) is 5.73 Å². The van der Waals surface area contributed by atoms with Gasteiger partial charge in [-0.15, -0.1) is 0 Å². The smallest absolute Gasteiger partial charge is 0.128 e. The van der Waals surface area contributed by atoms with E-state index in [-0.39, 0.29) is 5.41 Å². The number of aromatic nitrogens is 1. The van der Waals surface area contributed by atoms with E-state index in [0.29, 0.717) is 6.54 Å². The van der Waals surface area contributed by atoms with Crippen LogP contribution in [0.2, 0.25) is 0 Å². The maximum atomic E-state index is 5.74. The van der Waals surface area contributed by atoms with Crippen molar-refractivity contribution in [1.29, 1.82) is 0 Å². The van der Waals surface area contributed by atoms with Gasteiger partial charge in [0.2, 0.25) is 0 Å². The molecule has 3 heteroatoms. The third kappa shape index (κ3) is 3.51. The normalized spacial score (nSPS) is 11.5. The number of hydrogen-bond acceptors (Lipinski definition) is 3. The molecule has 0 saturated heterocycles. The van der Waals surface area contributed by atoms with Crippen molar-refractivity contribution < 1.29 is 0 Å². The Balaban J connectivity index is 2.73. The molecule has 1 heterocycles. The van der Waals surface area contributed by atoms with Gasteiger partial charge in [-0.1, -0.05) is 19.9 Å². The van der Waals surface area contributed by atoms with Crippen LogP contribution in [0.1, 0.15) is 20.8 Å². The van der Waals surface area contributed by atoms with Gasteiger partial charge in [0.1, 0.15) is 5.82 Å². The summed E-state index contributed by atoms with van der Waals surface area (Å²) in [6.45, 7) is 9.09. The molecule has 1 aromatic heterocycles. The van der Waals surface area contributed by atoms with Gasteiger partial charge in [-0.05, 0) is 31.0 Å². The number of nitrogens with two attached hydrogens (primary N) is 1. The summed E-state index contributed by atoms with van der Waals surface area (Å²) in [5, 5.41) is 0. The monoisotopic (exact) mass is 207 g/mol. The van der Waals surface area contributed by atoms with Crippen molar-refractivity contribution in [3.63, 3.8) is 0 Å². The minimum atomic E-state index is 0.132. The molecule has 0 saturated carbocycles. The van der Waals surface area contributed by atoms with E-state index in [0.717, 1.165) is 18.9 Å². The van der Waals surface area contributed by atoms with Crippen molar-refractivity contribution in [1.82, 2.24) is 4.98 Å². The van der Waals surface area contributed by atoms with E-state index in [2.05, 4.69) is 30.7 Å².